The molecule has 22 heavy (non-hydrogen) atoms. The molecule has 0 N–H and O–H groups in total. The molecular formula is C18H15N3O. The zero-order valence-electron chi connectivity index (χ0n) is 12.2. The summed E-state index contributed by atoms with van der Waals surface area (Å²) in [5, 5.41) is 0. The molecule has 108 valence electrons. The molecule has 0 aliphatic heterocycles. The molecule has 0 atom stereocenters. The lowest BCUT2D eigenvalue weighted by Crippen LogP contribution is -2.01. The molecule has 2 heterocycles. The highest BCUT2D eigenvalue weighted by molar-refractivity contribution is 5.75. The Labute approximate surface area is 128 Å². The van der Waals surface area contributed by atoms with Crippen molar-refractivity contribution in [3.05, 3.63) is 72.5 Å². The molecule has 0 amide bonds. The third-order valence-corrected chi connectivity index (χ3v) is 3.75. The van der Waals surface area contributed by atoms with Crippen LogP contribution in [0, 0.1) is 6.92 Å². The van der Waals surface area contributed by atoms with Crippen LogP contribution in [-0.4, -0.2) is 14.5 Å². The smallest absolute Gasteiger partial charge is 0.214 e. The van der Waals surface area contributed by atoms with Gasteiger partial charge in [-0.05, 0) is 19.1 Å². The van der Waals surface area contributed by atoms with Crippen molar-refractivity contribution >= 4 is 11.0 Å². The van der Waals surface area contributed by atoms with Crippen molar-refractivity contribution < 1.29 is 4.42 Å². The number of oxazole rings is 1. The van der Waals surface area contributed by atoms with Gasteiger partial charge in [0.2, 0.25) is 5.89 Å². The van der Waals surface area contributed by atoms with Crippen LogP contribution in [0.2, 0.25) is 0 Å². The Morgan fingerprint density at radius 1 is 1.00 bits per heavy atom. The third-order valence-electron chi connectivity index (χ3n) is 3.75. The van der Waals surface area contributed by atoms with Crippen molar-refractivity contribution in [3.63, 3.8) is 0 Å². The van der Waals surface area contributed by atoms with Gasteiger partial charge in [-0.25, -0.2) is 9.97 Å². The molecule has 2 aromatic carbocycles. The van der Waals surface area contributed by atoms with Crippen LogP contribution in [0.1, 0.15) is 11.7 Å². The molecule has 0 bridgehead atoms. The summed E-state index contributed by atoms with van der Waals surface area (Å²) in [6.45, 7) is 2.58. The van der Waals surface area contributed by atoms with Crippen LogP contribution in [0.25, 0.3) is 22.4 Å². The van der Waals surface area contributed by atoms with E-state index in [0.717, 1.165) is 28.2 Å². The fourth-order valence-electron chi connectivity index (χ4n) is 2.65. The number of nitrogens with zero attached hydrogens (tertiary/aromatic N) is 3. The van der Waals surface area contributed by atoms with Gasteiger partial charge >= 0.3 is 0 Å². The van der Waals surface area contributed by atoms with Crippen molar-refractivity contribution in [2.75, 3.05) is 0 Å². The Balaban J connectivity index is 1.69. The first kappa shape index (κ1) is 12.8. The van der Waals surface area contributed by atoms with Crippen LogP contribution in [0.3, 0.4) is 0 Å². The highest BCUT2D eigenvalue weighted by Crippen LogP contribution is 2.22. The SMILES string of the molecule is Cc1nc2ccccc2n1Cc1ncc(-c2ccccc2)o1. The maximum atomic E-state index is 5.89. The van der Waals surface area contributed by atoms with Gasteiger partial charge in [0.1, 0.15) is 12.4 Å². The molecule has 0 fully saturated rings. The minimum Gasteiger partial charge on any atom is -0.439 e. The van der Waals surface area contributed by atoms with Gasteiger partial charge in [-0.2, -0.15) is 0 Å². The molecule has 2 aromatic heterocycles. The highest BCUT2D eigenvalue weighted by Gasteiger charge is 2.11. The van der Waals surface area contributed by atoms with Crippen molar-refractivity contribution in [1.82, 2.24) is 14.5 Å². The Hall–Kier alpha value is -2.88. The Morgan fingerprint density at radius 3 is 2.64 bits per heavy atom. The number of rotatable bonds is 3. The number of hydrogen-bond acceptors (Lipinski definition) is 3. The first-order valence-electron chi connectivity index (χ1n) is 7.23. The lowest BCUT2D eigenvalue weighted by Gasteiger charge is -2.03. The minimum absolute atomic E-state index is 0.583. The van der Waals surface area contributed by atoms with Gasteiger partial charge in [-0.3, -0.25) is 0 Å². The first-order valence-corrected chi connectivity index (χ1v) is 7.23. The third kappa shape index (κ3) is 2.19. The molecule has 0 saturated heterocycles. The van der Waals surface area contributed by atoms with Crippen molar-refractivity contribution in [2.45, 2.75) is 13.5 Å². The summed E-state index contributed by atoms with van der Waals surface area (Å²) in [7, 11) is 0. The van der Waals surface area contributed by atoms with Crippen LogP contribution in [-0.2, 0) is 6.54 Å². The first-order chi connectivity index (χ1) is 10.8. The van der Waals surface area contributed by atoms with E-state index in [0.29, 0.717) is 12.4 Å². The van der Waals surface area contributed by atoms with Crippen LogP contribution >= 0.6 is 0 Å². The van der Waals surface area contributed by atoms with Crippen LogP contribution < -0.4 is 0 Å². The summed E-state index contributed by atoms with van der Waals surface area (Å²) in [6, 6.07) is 18.1. The maximum Gasteiger partial charge on any atom is 0.214 e. The topological polar surface area (TPSA) is 43.9 Å². The van der Waals surface area contributed by atoms with E-state index < -0.39 is 0 Å². The summed E-state index contributed by atoms with van der Waals surface area (Å²) in [5.41, 5.74) is 3.13. The second kappa shape index (κ2) is 5.15. The van der Waals surface area contributed by atoms with Gasteiger partial charge < -0.3 is 8.98 Å². The largest absolute Gasteiger partial charge is 0.439 e. The Bertz CT molecular complexity index is 922. The molecule has 4 aromatic rings. The lowest BCUT2D eigenvalue weighted by atomic mass is 10.2. The second-order valence-corrected chi connectivity index (χ2v) is 5.22. The molecule has 4 rings (SSSR count). The summed E-state index contributed by atoms with van der Waals surface area (Å²) in [6.07, 6.45) is 1.78. The number of imidazole rings is 1. The van der Waals surface area contributed by atoms with E-state index in [-0.39, 0.29) is 0 Å². The van der Waals surface area contributed by atoms with Gasteiger partial charge in [0.05, 0.1) is 17.2 Å². The summed E-state index contributed by atoms with van der Waals surface area (Å²) in [4.78, 5) is 8.97. The maximum absolute atomic E-state index is 5.89. The minimum atomic E-state index is 0.583. The van der Waals surface area contributed by atoms with E-state index in [1.54, 1.807) is 6.20 Å². The molecule has 0 spiro atoms. The summed E-state index contributed by atoms with van der Waals surface area (Å²) < 4.78 is 8.01. The number of para-hydroxylation sites is 2. The van der Waals surface area contributed by atoms with E-state index in [9.17, 15) is 0 Å². The van der Waals surface area contributed by atoms with Gasteiger partial charge in [-0.1, -0.05) is 42.5 Å². The Morgan fingerprint density at radius 2 is 1.77 bits per heavy atom. The zero-order valence-corrected chi connectivity index (χ0v) is 12.2. The van der Waals surface area contributed by atoms with E-state index in [4.69, 9.17) is 4.42 Å². The van der Waals surface area contributed by atoms with Crippen molar-refractivity contribution in [2.24, 2.45) is 0 Å². The number of hydrogen-bond donors (Lipinski definition) is 0. The molecule has 0 aliphatic rings. The lowest BCUT2D eigenvalue weighted by molar-refractivity contribution is 0.489. The summed E-state index contributed by atoms with van der Waals surface area (Å²) >= 11 is 0. The van der Waals surface area contributed by atoms with E-state index >= 15 is 0 Å². The predicted molar refractivity (Wildman–Crippen MR) is 85.5 cm³/mol. The number of fused-ring (bicyclic) bond motifs is 1. The van der Waals surface area contributed by atoms with Crippen molar-refractivity contribution in [3.8, 4) is 11.3 Å². The second-order valence-electron chi connectivity index (χ2n) is 5.22. The average molecular weight is 289 g/mol. The fourth-order valence-corrected chi connectivity index (χ4v) is 2.65. The van der Waals surface area contributed by atoms with Crippen LogP contribution in [0.4, 0.5) is 0 Å². The number of aryl methyl sites for hydroxylation is 1. The van der Waals surface area contributed by atoms with Crippen molar-refractivity contribution in [1.29, 1.82) is 0 Å². The molecular weight excluding hydrogens is 274 g/mol. The summed E-state index contributed by atoms with van der Waals surface area (Å²) in [5.74, 6) is 2.43. The molecule has 0 saturated carbocycles. The molecule has 4 heteroatoms. The van der Waals surface area contributed by atoms with Crippen LogP contribution in [0.5, 0.6) is 0 Å². The zero-order chi connectivity index (χ0) is 14.9. The quantitative estimate of drug-likeness (QED) is 0.571. The van der Waals surface area contributed by atoms with Gasteiger partial charge in [-0.15, -0.1) is 0 Å². The van der Waals surface area contributed by atoms with Gasteiger partial charge in [0.25, 0.3) is 0 Å². The normalized spacial score (nSPS) is 11.1. The van der Waals surface area contributed by atoms with Crippen LogP contribution in [0.15, 0.2) is 65.2 Å². The fraction of sp³-hybridized carbons (Fsp3) is 0.111. The molecule has 0 unspecified atom stereocenters. The van der Waals surface area contributed by atoms with Gasteiger partial charge in [0.15, 0.2) is 5.76 Å². The molecule has 0 radical (unpaired) electrons. The van der Waals surface area contributed by atoms with E-state index in [2.05, 4.69) is 20.6 Å². The number of aromatic nitrogens is 3. The predicted octanol–water partition coefficient (Wildman–Crippen LogP) is 4.05. The standard InChI is InChI=1S/C18H15N3O/c1-13-20-15-9-5-6-10-16(15)21(13)12-18-19-11-17(22-18)14-7-3-2-4-8-14/h2-11H,12H2,1H3. The number of benzene rings is 2. The van der Waals surface area contributed by atoms with E-state index in [1.165, 1.54) is 0 Å². The monoisotopic (exact) mass is 289 g/mol. The van der Waals surface area contributed by atoms with E-state index in [1.807, 2.05) is 55.5 Å². The Kier molecular flexibility index (Phi) is 3.00. The molecule has 4 nitrogen and oxygen atoms in total. The highest BCUT2D eigenvalue weighted by atomic mass is 16.4. The average Bonchev–Trinajstić information content (AvgIpc) is 3.14. The van der Waals surface area contributed by atoms with Gasteiger partial charge in [0, 0.05) is 5.56 Å². The molecule has 0 aliphatic carbocycles.